The summed E-state index contributed by atoms with van der Waals surface area (Å²) in [5.41, 5.74) is 5.33. The third-order valence-electron chi connectivity index (χ3n) is 2.32. The Morgan fingerprint density at radius 3 is 2.63 bits per heavy atom. The van der Waals surface area contributed by atoms with Crippen molar-refractivity contribution >= 4 is 17.8 Å². The highest BCUT2D eigenvalue weighted by atomic mass is 16.2. The van der Waals surface area contributed by atoms with Gasteiger partial charge in [-0.3, -0.25) is 9.59 Å². The molecule has 0 aliphatic carbocycles. The van der Waals surface area contributed by atoms with Crippen molar-refractivity contribution in [3.05, 3.63) is 6.33 Å². The topological polar surface area (TPSA) is 115 Å². The van der Waals surface area contributed by atoms with E-state index in [2.05, 4.69) is 20.7 Å². The molecule has 1 heterocycles. The number of amides is 2. The lowest BCUT2D eigenvalue weighted by Gasteiger charge is -2.15. The molecule has 0 aromatic carbocycles. The van der Waals surface area contributed by atoms with Crippen LogP contribution in [-0.2, 0) is 16.1 Å². The van der Waals surface area contributed by atoms with Crippen LogP contribution < -0.4 is 16.4 Å². The van der Waals surface area contributed by atoms with Crippen LogP contribution in [0.4, 0.5) is 5.95 Å². The van der Waals surface area contributed by atoms with Crippen LogP contribution in [-0.4, -0.2) is 39.2 Å². The van der Waals surface area contributed by atoms with E-state index >= 15 is 0 Å². The number of anilines is 1. The van der Waals surface area contributed by atoms with E-state index in [1.54, 1.807) is 6.92 Å². The summed E-state index contributed by atoms with van der Waals surface area (Å²) in [4.78, 5) is 27.0. The van der Waals surface area contributed by atoms with Crippen LogP contribution in [0.1, 0.15) is 20.8 Å². The molecule has 1 aromatic rings. The first-order chi connectivity index (χ1) is 8.88. The average Bonchev–Trinajstić information content (AvgIpc) is 2.71. The van der Waals surface area contributed by atoms with E-state index in [4.69, 9.17) is 5.73 Å². The van der Waals surface area contributed by atoms with Gasteiger partial charge in [-0.25, -0.2) is 9.67 Å². The van der Waals surface area contributed by atoms with Crippen LogP contribution in [0.2, 0.25) is 0 Å². The summed E-state index contributed by atoms with van der Waals surface area (Å²) in [5, 5.41) is 9.11. The van der Waals surface area contributed by atoms with Gasteiger partial charge in [-0.15, -0.1) is 5.10 Å². The molecule has 1 rings (SSSR count). The van der Waals surface area contributed by atoms with Crippen molar-refractivity contribution in [2.75, 3.05) is 12.3 Å². The van der Waals surface area contributed by atoms with Crippen molar-refractivity contribution in [1.82, 2.24) is 25.4 Å². The van der Waals surface area contributed by atoms with Gasteiger partial charge in [-0.1, -0.05) is 13.8 Å². The lowest BCUT2D eigenvalue weighted by molar-refractivity contribution is -0.129. The van der Waals surface area contributed by atoms with Crippen LogP contribution in [0.3, 0.4) is 0 Å². The Bertz CT molecular complexity index is 442. The zero-order valence-corrected chi connectivity index (χ0v) is 11.4. The zero-order chi connectivity index (χ0) is 14.4. The molecule has 106 valence electrons. The molecule has 0 saturated heterocycles. The number of nitrogens with one attached hydrogen (secondary N) is 2. The van der Waals surface area contributed by atoms with E-state index in [-0.39, 0.29) is 24.3 Å². The first kappa shape index (κ1) is 14.9. The molecule has 8 heteroatoms. The van der Waals surface area contributed by atoms with Gasteiger partial charge < -0.3 is 16.4 Å². The Hall–Kier alpha value is -2.12. The molecule has 0 fully saturated rings. The van der Waals surface area contributed by atoms with Gasteiger partial charge in [0.2, 0.25) is 17.8 Å². The van der Waals surface area contributed by atoms with Gasteiger partial charge >= 0.3 is 0 Å². The molecule has 2 amide bonds. The number of rotatable bonds is 6. The largest absolute Gasteiger partial charge is 0.367 e. The molecular weight excluding hydrogens is 248 g/mol. The predicted octanol–water partition coefficient (Wildman–Crippen LogP) is -0.863. The van der Waals surface area contributed by atoms with Crippen LogP contribution in [0.15, 0.2) is 6.33 Å². The molecule has 4 N–H and O–H groups in total. The second-order valence-corrected chi connectivity index (χ2v) is 4.73. The second-order valence-electron chi connectivity index (χ2n) is 4.73. The summed E-state index contributed by atoms with van der Waals surface area (Å²) in [6.07, 6.45) is 1.36. The van der Waals surface area contributed by atoms with Gasteiger partial charge in [0.25, 0.3) is 0 Å². The van der Waals surface area contributed by atoms with Crippen molar-refractivity contribution in [3.8, 4) is 0 Å². The lowest BCUT2D eigenvalue weighted by atomic mass is 10.2. The molecule has 1 unspecified atom stereocenters. The highest BCUT2D eigenvalue weighted by molar-refractivity contribution is 5.87. The Kier molecular flexibility index (Phi) is 5.28. The molecule has 1 aromatic heterocycles. The van der Waals surface area contributed by atoms with E-state index < -0.39 is 6.04 Å². The lowest BCUT2D eigenvalue weighted by Crippen LogP contribution is -2.46. The van der Waals surface area contributed by atoms with Crippen LogP contribution in [0.25, 0.3) is 0 Å². The first-order valence-corrected chi connectivity index (χ1v) is 6.10. The maximum atomic E-state index is 11.7. The normalized spacial score (nSPS) is 12.2. The summed E-state index contributed by atoms with van der Waals surface area (Å²) < 4.78 is 1.31. The molecule has 19 heavy (non-hydrogen) atoms. The minimum absolute atomic E-state index is 0.0218. The number of nitrogens with zero attached hydrogens (tertiary/aromatic N) is 3. The van der Waals surface area contributed by atoms with Crippen molar-refractivity contribution in [2.45, 2.75) is 33.4 Å². The fourth-order valence-corrected chi connectivity index (χ4v) is 1.34. The van der Waals surface area contributed by atoms with Crippen molar-refractivity contribution in [2.24, 2.45) is 5.92 Å². The fourth-order valence-electron chi connectivity index (χ4n) is 1.34. The maximum Gasteiger partial charge on any atom is 0.242 e. The van der Waals surface area contributed by atoms with Gasteiger partial charge in [-0.2, -0.15) is 0 Å². The minimum atomic E-state index is -0.591. The number of aromatic nitrogens is 3. The van der Waals surface area contributed by atoms with Crippen molar-refractivity contribution < 1.29 is 9.59 Å². The van der Waals surface area contributed by atoms with Gasteiger partial charge in [0, 0.05) is 6.54 Å². The predicted molar refractivity (Wildman–Crippen MR) is 69.9 cm³/mol. The SMILES string of the molecule is CC(C)CNC(=O)C(C)NC(=O)Cn1cnc(N)n1. The summed E-state index contributed by atoms with van der Waals surface area (Å²) in [7, 11) is 0. The van der Waals surface area contributed by atoms with E-state index in [0.29, 0.717) is 12.5 Å². The van der Waals surface area contributed by atoms with Crippen LogP contribution in [0, 0.1) is 5.92 Å². The van der Waals surface area contributed by atoms with Gasteiger partial charge in [0.1, 0.15) is 18.9 Å². The van der Waals surface area contributed by atoms with E-state index in [0.717, 1.165) is 0 Å². The Balaban J connectivity index is 2.37. The number of hydrogen-bond acceptors (Lipinski definition) is 5. The van der Waals surface area contributed by atoms with Gasteiger partial charge in [-0.05, 0) is 12.8 Å². The molecule has 0 spiro atoms. The molecule has 0 saturated carbocycles. The molecule has 8 nitrogen and oxygen atoms in total. The fraction of sp³-hybridized carbons (Fsp3) is 0.636. The summed E-state index contributed by atoms with van der Waals surface area (Å²) >= 11 is 0. The summed E-state index contributed by atoms with van der Waals surface area (Å²) in [6.45, 7) is 6.19. The van der Waals surface area contributed by atoms with Crippen LogP contribution >= 0.6 is 0 Å². The standard InChI is InChI=1S/C11H20N6O2/c1-7(2)4-13-10(19)8(3)15-9(18)5-17-6-14-11(12)16-17/h6-8H,4-5H2,1-3H3,(H2,12,16)(H,13,19)(H,15,18). The average molecular weight is 268 g/mol. The quantitative estimate of drug-likeness (QED) is 0.621. The van der Waals surface area contributed by atoms with Crippen LogP contribution in [0.5, 0.6) is 0 Å². The summed E-state index contributed by atoms with van der Waals surface area (Å²) in [6, 6.07) is -0.591. The third-order valence-corrected chi connectivity index (χ3v) is 2.32. The Labute approximate surface area is 111 Å². The molecule has 0 bridgehead atoms. The second kappa shape index (κ2) is 6.72. The zero-order valence-electron chi connectivity index (χ0n) is 11.4. The highest BCUT2D eigenvalue weighted by Crippen LogP contribution is 1.92. The van der Waals surface area contributed by atoms with E-state index in [1.807, 2.05) is 13.8 Å². The number of nitrogen functional groups attached to an aromatic ring is 1. The van der Waals surface area contributed by atoms with Gasteiger partial charge in [0.05, 0.1) is 0 Å². The Morgan fingerprint density at radius 2 is 2.11 bits per heavy atom. The van der Waals surface area contributed by atoms with Gasteiger partial charge in [0.15, 0.2) is 0 Å². The highest BCUT2D eigenvalue weighted by Gasteiger charge is 2.15. The minimum Gasteiger partial charge on any atom is -0.367 e. The van der Waals surface area contributed by atoms with Crippen molar-refractivity contribution in [1.29, 1.82) is 0 Å². The van der Waals surface area contributed by atoms with E-state index in [9.17, 15) is 9.59 Å². The molecule has 1 atom stereocenters. The monoisotopic (exact) mass is 268 g/mol. The number of nitrogens with two attached hydrogens (primary N) is 1. The van der Waals surface area contributed by atoms with E-state index in [1.165, 1.54) is 11.0 Å². The number of carbonyl (C=O) groups is 2. The third kappa shape index (κ3) is 5.36. The molecular formula is C11H20N6O2. The van der Waals surface area contributed by atoms with Crippen molar-refractivity contribution in [3.63, 3.8) is 0 Å². The smallest absolute Gasteiger partial charge is 0.242 e. The molecule has 0 aliphatic heterocycles. The molecule has 0 radical (unpaired) electrons. The molecule has 0 aliphatic rings. The maximum absolute atomic E-state index is 11.7. The number of hydrogen-bond donors (Lipinski definition) is 3. The first-order valence-electron chi connectivity index (χ1n) is 6.10. The Morgan fingerprint density at radius 1 is 1.42 bits per heavy atom. The summed E-state index contributed by atoms with van der Waals surface area (Å²) in [5.74, 6) is -0.0576. The number of carbonyl (C=O) groups excluding carboxylic acids is 2.